The Morgan fingerprint density at radius 1 is 1.79 bits per heavy atom. The molecule has 1 aromatic rings. The van der Waals surface area contributed by atoms with E-state index in [1.54, 1.807) is 11.3 Å². The summed E-state index contributed by atoms with van der Waals surface area (Å²) >= 11 is 1.56. The summed E-state index contributed by atoms with van der Waals surface area (Å²) in [5.74, 6) is 0. The van der Waals surface area contributed by atoms with Crippen LogP contribution in [-0.4, -0.2) is 41.7 Å². The maximum absolute atomic E-state index is 8.89. The van der Waals surface area contributed by atoms with Crippen LogP contribution in [0.5, 0.6) is 0 Å². The molecule has 2 heterocycles. The van der Waals surface area contributed by atoms with Crippen molar-refractivity contribution in [3.63, 3.8) is 0 Å². The predicted molar refractivity (Wildman–Crippen MR) is 54.2 cm³/mol. The van der Waals surface area contributed by atoms with E-state index in [2.05, 4.69) is 16.9 Å². The first-order valence-electron chi connectivity index (χ1n) is 4.65. The molecule has 0 radical (unpaired) electrons. The number of aliphatic hydroxyl groups excluding tert-OH is 1. The fraction of sp³-hybridized carbons (Fsp3) is 0.667. The Morgan fingerprint density at radius 3 is 3.29 bits per heavy atom. The van der Waals surface area contributed by atoms with Crippen molar-refractivity contribution in [1.29, 1.82) is 0 Å². The zero-order valence-corrected chi connectivity index (χ0v) is 8.96. The Kier molecular flexibility index (Phi) is 3.12. The maximum Gasteiger partial charge on any atom is 0.123 e. The van der Waals surface area contributed by atoms with Gasteiger partial charge in [0.1, 0.15) is 11.1 Å². The van der Waals surface area contributed by atoms with E-state index in [0.29, 0.717) is 0 Å². The molecule has 1 saturated heterocycles. The van der Waals surface area contributed by atoms with E-state index in [-0.39, 0.29) is 12.7 Å². The summed E-state index contributed by atoms with van der Waals surface area (Å²) < 4.78 is 5.62. The highest BCUT2D eigenvalue weighted by Gasteiger charge is 2.22. The number of hydrogen-bond acceptors (Lipinski definition) is 5. The van der Waals surface area contributed by atoms with Gasteiger partial charge in [-0.1, -0.05) is 0 Å². The van der Waals surface area contributed by atoms with Crippen LogP contribution in [0.1, 0.15) is 16.8 Å². The predicted octanol–water partition coefficient (Wildman–Crippen LogP) is 0.638. The van der Waals surface area contributed by atoms with Gasteiger partial charge >= 0.3 is 0 Å². The second-order valence-electron chi connectivity index (χ2n) is 3.46. The Hall–Kier alpha value is -0.490. The quantitative estimate of drug-likeness (QED) is 0.784. The number of likely N-dealkylation sites (N-methyl/N-ethyl adjacent to an activating group) is 1. The summed E-state index contributed by atoms with van der Waals surface area (Å²) in [6.07, 6.45) is 0.0825. The van der Waals surface area contributed by atoms with Gasteiger partial charge < -0.3 is 14.7 Å². The summed E-state index contributed by atoms with van der Waals surface area (Å²) in [6.45, 7) is 2.64. The monoisotopic (exact) mass is 214 g/mol. The van der Waals surface area contributed by atoms with Gasteiger partial charge in [0.25, 0.3) is 0 Å². The van der Waals surface area contributed by atoms with Crippen molar-refractivity contribution in [2.24, 2.45) is 0 Å². The molecular formula is C9H14N2O2S. The van der Waals surface area contributed by atoms with Crippen LogP contribution < -0.4 is 0 Å². The second kappa shape index (κ2) is 4.35. The maximum atomic E-state index is 8.89. The van der Waals surface area contributed by atoms with Crippen molar-refractivity contribution in [1.82, 2.24) is 9.88 Å². The number of nitrogens with zero attached hydrogens (tertiary/aromatic N) is 2. The molecule has 1 atom stereocenters. The first-order chi connectivity index (χ1) is 6.79. The van der Waals surface area contributed by atoms with Gasteiger partial charge in [0, 0.05) is 18.5 Å². The van der Waals surface area contributed by atoms with Crippen LogP contribution in [0.3, 0.4) is 0 Å². The van der Waals surface area contributed by atoms with Crippen LogP contribution in [0, 0.1) is 0 Å². The van der Waals surface area contributed by atoms with Gasteiger partial charge in [0.15, 0.2) is 0 Å². The first kappa shape index (κ1) is 10.0. The molecule has 1 fully saturated rings. The van der Waals surface area contributed by atoms with Gasteiger partial charge in [-0.05, 0) is 7.05 Å². The zero-order valence-electron chi connectivity index (χ0n) is 8.14. The molecule has 0 amide bonds. The number of rotatable bonds is 2. The van der Waals surface area contributed by atoms with E-state index in [0.717, 1.165) is 30.4 Å². The number of aromatic nitrogens is 1. The molecule has 0 bridgehead atoms. The molecule has 1 unspecified atom stereocenters. The molecule has 5 heteroatoms. The third-order valence-corrected chi connectivity index (χ3v) is 3.26. The van der Waals surface area contributed by atoms with Crippen molar-refractivity contribution in [2.75, 3.05) is 26.7 Å². The number of thiazole rings is 1. The molecule has 0 spiro atoms. The van der Waals surface area contributed by atoms with E-state index in [1.165, 1.54) is 0 Å². The van der Waals surface area contributed by atoms with Crippen LogP contribution in [0.25, 0.3) is 0 Å². The lowest BCUT2D eigenvalue weighted by atomic mass is 10.3. The van der Waals surface area contributed by atoms with E-state index in [9.17, 15) is 0 Å². The van der Waals surface area contributed by atoms with Gasteiger partial charge in [-0.2, -0.15) is 0 Å². The third kappa shape index (κ3) is 2.12. The third-order valence-electron chi connectivity index (χ3n) is 2.28. The molecule has 1 N–H and O–H groups in total. The smallest absolute Gasteiger partial charge is 0.123 e. The molecule has 2 rings (SSSR count). The highest BCUT2D eigenvalue weighted by atomic mass is 32.1. The minimum Gasteiger partial charge on any atom is -0.390 e. The van der Waals surface area contributed by atoms with Crippen molar-refractivity contribution in [3.05, 3.63) is 16.1 Å². The van der Waals surface area contributed by atoms with Crippen LogP contribution in [0.15, 0.2) is 5.38 Å². The minimum absolute atomic E-state index is 0.0130. The average Bonchev–Trinajstić information content (AvgIpc) is 2.66. The van der Waals surface area contributed by atoms with Crippen molar-refractivity contribution in [2.45, 2.75) is 12.7 Å². The largest absolute Gasteiger partial charge is 0.390 e. The fourth-order valence-corrected chi connectivity index (χ4v) is 2.32. The Bertz CT molecular complexity index is 303. The lowest BCUT2D eigenvalue weighted by Gasteiger charge is -2.28. The van der Waals surface area contributed by atoms with E-state index >= 15 is 0 Å². The van der Waals surface area contributed by atoms with Gasteiger partial charge in [-0.15, -0.1) is 11.3 Å². The number of morpholine rings is 1. The molecule has 1 aromatic heterocycles. The average molecular weight is 214 g/mol. The van der Waals surface area contributed by atoms with Gasteiger partial charge in [-0.25, -0.2) is 4.98 Å². The SMILES string of the molecule is CN1CCOC(c2nc(CO)cs2)C1. The lowest BCUT2D eigenvalue weighted by molar-refractivity contribution is -0.0210. The second-order valence-corrected chi connectivity index (χ2v) is 4.35. The Morgan fingerprint density at radius 2 is 2.64 bits per heavy atom. The normalized spacial score (nSPS) is 24.0. The highest BCUT2D eigenvalue weighted by molar-refractivity contribution is 7.09. The molecule has 14 heavy (non-hydrogen) atoms. The number of hydrogen-bond donors (Lipinski definition) is 1. The van der Waals surface area contributed by atoms with Crippen molar-refractivity contribution in [3.8, 4) is 0 Å². The standard InChI is InChI=1S/C9H14N2O2S/c1-11-2-3-13-8(4-11)9-10-7(5-12)6-14-9/h6,8,12H,2-5H2,1H3. The van der Waals surface area contributed by atoms with Crippen LogP contribution in [0.2, 0.25) is 0 Å². The number of aliphatic hydroxyl groups is 1. The van der Waals surface area contributed by atoms with Crippen molar-refractivity contribution < 1.29 is 9.84 Å². The molecule has 0 aromatic carbocycles. The summed E-state index contributed by atoms with van der Waals surface area (Å²) in [5.41, 5.74) is 0.738. The van der Waals surface area contributed by atoms with Crippen molar-refractivity contribution >= 4 is 11.3 Å². The van der Waals surface area contributed by atoms with E-state index < -0.39 is 0 Å². The van der Waals surface area contributed by atoms with Gasteiger partial charge in [0.05, 0.1) is 18.9 Å². The fourth-order valence-electron chi connectivity index (χ4n) is 1.47. The van der Waals surface area contributed by atoms with Crippen LogP contribution in [0.4, 0.5) is 0 Å². The van der Waals surface area contributed by atoms with E-state index in [1.807, 2.05) is 5.38 Å². The molecule has 0 aliphatic carbocycles. The summed E-state index contributed by atoms with van der Waals surface area (Å²) in [5, 5.41) is 11.7. The summed E-state index contributed by atoms with van der Waals surface area (Å²) in [6, 6.07) is 0. The molecule has 0 saturated carbocycles. The lowest BCUT2D eigenvalue weighted by Crippen LogP contribution is -2.35. The summed E-state index contributed by atoms with van der Waals surface area (Å²) in [4.78, 5) is 6.53. The molecule has 4 nitrogen and oxygen atoms in total. The van der Waals surface area contributed by atoms with Gasteiger partial charge in [0.2, 0.25) is 0 Å². The molecule has 78 valence electrons. The topological polar surface area (TPSA) is 45.6 Å². The Labute approximate surface area is 87.1 Å². The minimum atomic E-state index is 0.0130. The Balaban J connectivity index is 2.06. The number of ether oxygens (including phenoxy) is 1. The first-order valence-corrected chi connectivity index (χ1v) is 5.53. The summed E-state index contributed by atoms with van der Waals surface area (Å²) in [7, 11) is 2.08. The van der Waals surface area contributed by atoms with Gasteiger partial charge in [-0.3, -0.25) is 0 Å². The zero-order chi connectivity index (χ0) is 9.97. The van der Waals surface area contributed by atoms with Crippen LogP contribution in [-0.2, 0) is 11.3 Å². The van der Waals surface area contributed by atoms with Crippen LogP contribution >= 0.6 is 11.3 Å². The highest BCUT2D eigenvalue weighted by Crippen LogP contribution is 2.24. The molecule has 1 aliphatic rings. The van der Waals surface area contributed by atoms with E-state index in [4.69, 9.17) is 9.84 Å². The molecule has 1 aliphatic heterocycles. The molecular weight excluding hydrogens is 200 g/mol.